The number of hydrogen-bond acceptors (Lipinski definition) is 1. The van der Waals surface area contributed by atoms with Gasteiger partial charge in [-0.2, -0.15) is 0 Å². The zero-order valence-electron chi connectivity index (χ0n) is 9.18. The first-order valence-electron chi connectivity index (χ1n) is 5.19. The van der Waals surface area contributed by atoms with E-state index < -0.39 is 0 Å². The van der Waals surface area contributed by atoms with Crippen LogP contribution < -0.4 is 5.32 Å². The van der Waals surface area contributed by atoms with E-state index in [0.717, 1.165) is 15.7 Å². The van der Waals surface area contributed by atoms with E-state index in [2.05, 4.69) is 37.2 Å². The van der Waals surface area contributed by atoms with Crippen molar-refractivity contribution < 1.29 is 4.39 Å². The van der Waals surface area contributed by atoms with E-state index in [4.69, 9.17) is 11.6 Å². The molecule has 1 nitrogen and oxygen atoms in total. The average Bonchev–Trinajstić information content (AvgIpc) is 2.32. The first-order chi connectivity index (χ1) is 8.56. The Bertz CT molecular complexity index is 575. The molecule has 0 spiro atoms. The molecule has 0 aliphatic carbocycles. The first kappa shape index (κ1) is 13.8. The quantitative estimate of drug-likeness (QED) is 0.714. The maximum absolute atomic E-state index is 12.9. The number of anilines is 1. The highest BCUT2D eigenvalue weighted by molar-refractivity contribution is 9.10. The van der Waals surface area contributed by atoms with Gasteiger partial charge in [-0.3, -0.25) is 0 Å². The molecule has 0 heterocycles. The summed E-state index contributed by atoms with van der Waals surface area (Å²) in [5, 5.41) is 3.91. The van der Waals surface area contributed by atoms with E-state index in [9.17, 15) is 4.39 Å². The van der Waals surface area contributed by atoms with E-state index in [1.54, 1.807) is 6.07 Å². The molecule has 1 N–H and O–H groups in total. The minimum atomic E-state index is -0.267. The summed E-state index contributed by atoms with van der Waals surface area (Å²) >= 11 is 12.7. The molecule has 0 aliphatic rings. The molecule has 0 saturated heterocycles. The first-order valence-corrected chi connectivity index (χ1v) is 7.15. The van der Waals surface area contributed by atoms with E-state index in [0.29, 0.717) is 16.0 Å². The van der Waals surface area contributed by atoms with Gasteiger partial charge in [-0.15, -0.1) is 0 Å². The minimum absolute atomic E-state index is 0.267. The molecule has 94 valence electrons. The molecule has 0 saturated carbocycles. The second kappa shape index (κ2) is 6.04. The summed E-state index contributed by atoms with van der Waals surface area (Å²) in [5.41, 5.74) is 1.88. The van der Waals surface area contributed by atoms with Crippen molar-refractivity contribution in [2.75, 3.05) is 5.32 Å². The van der Waals surface area contributed by atoms with Gasteiger partial charge in [0.15, 0.2) is 0 Å². The molecule has 0 fully saturated rings. The van der Waals surface area contributed by atoms with Crippen molar-refractivity contribution in [1.82, 2.24) is 0 Å². The fourth-order valence-electron chi connectivity index (χ4n) is 1.50. The Morgan fingerprint density at radius 1 is 1.06 bits per heavy atom. The van der Waals surface area contributed by atoms with Crippen LogP contribution >= 0.6 is 43.5 Å². The SMILES string of the molecule is Fc1ccc(NCc2cc(Cl)ccc2Br)c(Br)c1. The van der Waals surface area contributed by atoms with E-state index in [1.807, 2.05) is 18.2 Å². The maximum Gasteiger partial charge on any atom is 0.124 e. The van der Waals surface area contributed by atoms with Crippen molar-refractivity contribution in [3.8, 4) is 0 Å². The van der Waals surface area contributed by atoms with Crippen LogP contribution in [0.25, 0.3) is 0 Å². The molecule has 0 amide bonds. The normalized spacial score (nSPS) is 10.4. The van der Waals surface area contributed by atoms with Gasteiger partial charge >= 0.3 is 0 Å². The highest BCUT2D eigenvalue weighted by Crippen LogP contribution is 2.26. The smallest absolute Gasteiger partial charge is 0.124 e. The van der Waals surface area contributed by atoms with Crippen molar-refractivity contribution in [3.63, 3.8) is 0 Å². The molecule has 0 aliphatic heterocycles. The molecular formula is C13H9Br2ClFN. The number of hydrogen-bond donors (Lipinski definition) is 1. The largest absolute Gasteiger partial charge is 0.380 e. The van der Waals surface area contributed by atoms with Crippen LogP contribution in [-0.2, 0) is 6.54 Å². The Kier molecular flexibility index (Phi) is 4.65. The molecule has 0 unspecified atom stereocenters. The second-order valence-electron chi connectivity index (χ2n) is 3.71. The zero-order valence-corrected chi connectivity index (χ0v) is 13.1. The zero-order chi connectivity index (χ0) is 13.1. The van der Waals surface area contributed by atoms with E-state index >= 15 is 0 Å². The molecule has 5 heteroatoms. The lowest BCUT2D eigenvalue weighted by molar-refractivity contribution is 0.627. The lowest BCUT2D eigenvalue weighted by atomic mass is 10.2. The highest BCUT2D eigenvalue weighted by atomic mass is 79.9. The third kappa shape index (κ3) is 3.46. The Labute approximate surface area is 127 Å². The van der Waals surface area contributed by atoms with Gasteiger partial charge in [0.1, 0.15) is 5.82 Å². The Balaban J connectivity index is 2.13. The van der Waals surface area contributed by atoms with Gasteiger partial charge in [0.2, 0.25) is 0 Å². The number of rotatable bonds is 3. The van der Waals surface area contributed by atoms with Crippen LogP contribution in [0, 0.1) is 5.82 Å². The Morgan fingerprint density at radius 2 is 1.83 bits per heavy atom. The summed E-state index contributed by atoms with van der Waals surface area (Å²) in [6.07, 6.45) is 0. The van der Waals surface area contributed by atoms with Crippen molar-refractivity contribution in [1.29, 1.82) is 0 Å². The van der Waals surface area contributed by atoms with Crippen LogP contribution in [0.4, 0.5) is 10.1 Å². The second-order valence-corrected chi connectivity index (χ2v) is 5.86. The molecule has 2 aromatic rings. The molecule has 2 aromatic carbocycles. The standard InChI is InChI=1S/C13H9Br2ClFN/c14-11-3-1-9(16)5-8(11)7-18-13-4-2-10(17)6-12(13)15/h1-6,18H,7H2. The van der Waals surface area contributed by atoms with E-state index in [1.165, 1.54) is 12.1 Å². The Hall–Kier alpha value is -0.580. The third-order valence-electron chi connectivity index (χ3n) is 2.41. The fraction of sp³-hybridized carbons (Fsp3) is 0.0769. The van der Waals surface area contributed by atoms with Crippen molar-refractivity contribution in [2.24, 2.45) is 0 Å². The molecular weight excluding hydrogens is 384 g/mol. The van der Waals surface area contributed by atoms with E-state index in [-0.39, 0.29) is 5.82 Å². The maximum atomic E-state index is 12.9. The molecule has 0 atom stereocenters. The molecule has 2 rings (SSSR count). The fourth-order valence-corrected chi connectivity index (χ4v) is 2.57. The van der Waals surface area contributed by atoms with Gasteiger partial charge in [0.05, 0.1) is 0 Å². The van der Waals surface area contributed by atoms with Crippen LogP contribution in [0.15, 0.2) is 45.3 Å². The molecule has 0 radical (unpaired) electrons. The lowest BCUT2D eigenvalue weighted by Gasteiger charge is -2.10. The summed E-state index contributed by atoms with van der Waals surface area (Å²) in [6, 6.07) is 10.1. The van der Waals surface area contributed by atoms with Crippen LogP contribution in [0.5, 0.6) is 0 Å². The summed E-state index contributed by atoms with van der Waals surface area (Å²) in [4.78, 5) is 0. The summed E-state index contributed by atoms with van der Waals surface area (Å²) in [6.45, 7) is 0.603. The average molecular weight is 393 g/mol. The number of halogens is 4. The molecule has 0 aromatic heterocycles. The van der Waals surface area contributed by atoms with Crippen molar-refractivity contribution >= 4 is 49.1 Å². The van der Waals surface area contributed by atoms with Gasteiger partial charge in [-0.05, 0) is 57.9 Å². The monoisotopic (exact) mass is 391 g/mol. The van der Waals surface area contributed by atoms with Crippen LogP contribution in [0.3, 0.4) is 0 Å². The highest BCUT2D eigenvalue weighted by Gasteiger charge is 2.04. The Morgan fingerprint density at radius 3 is 2.56 bits per heavy atom. The lowest BCUT2D eigenvalue weighted by Crippen LogP contribution is -2.01. The van der Waals surface area contributed by atoms with Gasteiger partial charge in [-0.25, -0.2) is 4.39 Å². The molecule has 18 heavy (non-hydrogen) atoms. The van der Waals surface area contributed by atoms with Gasteiger partial charge in [-0.1, -0.05) is 27.5 Å². The topological polar surface area (TPSA) is 12.0 Å². The van der Waals surface area contributed by atoms with Gasteiger partial charge in [0, 0.05) is 26.2 Å². The summed E-state index contributed by atoms with van der Waals surface area (Å²) in [5.74, 6) is -0.267. The summed E-state index contributed by atoms with van der Waals surface area (Å²) in [7, 11) is 0. The number of benzene rings is 2. The predicted molar refractivity (Wildman–Crippen MR) is 80.6 cm³/mol. The van der Waals surface area contributed by atoms with Crippen LogP contribution in [0.1, 0.15) is 5.56 Å². The molecule has 0 bridgehead atoms. The summed E-state index contributed by atoms with van der Waals surface area (Å²) < 4.78 is 14.6. The third-order valence-corrected chi connectivity index (χ3v) is 4.07. The van der Waals surface area contributed by atoms with Gasteiger partial charge < -0.3 is 5.32 Å². The van der Waals surface area contributed by atoms with Crippen LogP contribution in [0.2, 0.25) is 5.02 Å². The minimum Gasteiger partial charge on any atom is -0.380 e. The van der Waals surface area contributed by atoms with Gasteiger partial charge in [0.25, 0.3) is 0 Å². The predicted octanol–water partition coefficient (Wildman–Crippen LogP) is 5.62. The number of nitrogens with one attached hydrogen (secondary N) is 1. The van der Waals surface area contributed by atoms with Crippen molar-refractivity contribution in [2.45, 2.75) is 6.54 Å². The van der Waals surface area contributed by atoms with Crippen LogP contribution in [-0.4, -0.2) is 0 Å². The van der Waals surface area contributed by atoms with Crippen molar-refractivity contribution in [3.05, 3.63) is 61.7 Å².